The van der Waals surface area contributed by atoms with Gasteiger partial charge in [0, 0.05) is 10.6 Å². The molecule has 0 amide bonds. The molecule has 0 bridgehead atoms. The summed E-state index contributed by atoms with van der Waals surface area (Å²) in [6.07, 6.45) is -3.47. The number of thiazole rings is 1. The summed E-state index contributed by atoms with van der Waals surface area (Å²) in [6, 6.07) is 22.1. The Morgan fingerprint density at radius 1 is 0.920 bits per heavy atom. The average molecular weight is 721 g/mol. The van der Waals surface area contributed by atoms with Crippen LogP contribution in [0.15, 0.2) is 106 Å². The second-order valence-corrected chi connectivity index (χ2v) is 12.5. The number of alkyl halides is 3. The van der Waals surface area contributed by atoms with E-state index in [0.29, 0.717) is 21.9 Å². The lowest BCUT2D eigenvalue weighted by Gasteiger charge is -2.26. The number of carbonyl (C=O) groups excluding carboxylic acids is 2. The van der Waals surface area contributed by atoms with Gasteiger partial charge in [-0.3, -0.25) is 9.36 Å². The number of halogens is 4. The van der Waals surface area contributed by atoms with E-state index in [9.17, 15) is 27.6 Å². The molecule has 0 saturated carbocycles. The minimum atomic E-state index is -5.03. The van der Waals surface area contributed by atoms with Crippen molar-refractivity contribution >= 4 is 51.7 Å². The third-order valence-electron chi connectivity index (χ3n) is 7.85. The van der Waals surface area contributed by atoms with E-state index in [1.165, 1.54) is 31.2 Å². The van der Waals surface area contributed by atoms with Gasteiger partial charge in [0.25, 0.3) is 5.56 Å². The molecule has 0 N–H and O–H groups in total. The maximum absolute atomic E-state index is 14.5. The van der Waals surface area contributed by atoms with Crippen LogP contribution < -0.4 is 19.6 Å². The van der Waals surface area contributed by atoms with Crippen molar-refractivity contribution in [3.8, 4) is 5.75 Å². The maximum Gasteiger partial charge on any atom is 0.434 e. The molecule has 1 atom stereocenters. The number of carbonyl (C=O) groups is 2. The minimum absolute atomic E-state index is 0.0642. The highest BCUT2D eigenvalue weighted by molar-refractivity contribution is 7.07. The summed E-state index contributed by atoms with van der Waals surface area (Å²) in [5.74, 6) is -1.27. The van der Waals surface area contributed by atoms with Crippen LogP contribution in [0.4, 0.5) is 13.2 Å². The van der Waals surface area contributed by atoms with Gasteiger partial charge in [-0.2, -0.15) is 13.2 Å². The predicted molar refractivity (Wildman–Crippen MR) is 183 cm³/mol. The molecule has 256 valence electrons. The Morgan fingerprint density at radius 2 is 1.60 bits per heavy atom. The molecule has 0 aliphatic carbocycles. The lowest BCUT2D eigenvalue weighted by Crippen LogP contribution is -2.41. The van der Waals surface area contributed by atoms with Crippen LogP contribution >= 0.6 is 22.9 Å². The molecule has 1 aromatic heterocycles. The predicted octanol–water partition coefficient (Wildman–Crippen LogP) is 6.90. The van der Waals surface area contributed by atoms with Crippen molar-refractivity contribution in [2.75, 3.05) is 13.2 Å². The average Bonchev–Trinajstić information content (AvgIpc) is 3.41. The molecule has 6 rings (SSSR count). The normalized spacial score (nSPS) is 14.7. The monoisotopic (exact) mass is 720 g/mol. The SMILES string of the molecule is CCOC(=O)C1=C(C(F)(F)F)N=c2s/c(=C\c3c(OCc4ccc(C(=O)OCC)cc4)ccc4ccccc34)c(=O)n2[C@@H]1c1ccc(Cl)cc1. The molecular formula is C37H28ClF3N2O6S. The first-order valence-corrected chi connectivity index (χ1v) is 16.7. The molecule has 0 spiro atoms. The third-order valence-corrected chi connectivity index (χ3v) is 9.08. The Hall–Kier alpha value is -5.20. The fraction of sp³-hybridized carbons (Fsp3) is 0.189. The first-order valence-electron chi connectivity index (χ1n) is 15.5. The molecule has 4 aromatic carbocycles. The Bertz CT molecular complexity index is 2310. The van der Waals surface area contributed by atoms with Gasteiger partial charge in [-0.25, -0.2) is 14.6 Å². The van der Waals surface area contributed by atoms with Crippen molar-refractivity contribution in [3.05, 3.63) is 143 Å². The van der Waals surface area contributed by atoms with Crippen LogP contribution in [0.25, 0.3) is 16.8 Å². The fourth-order valence-electron chi connectivity index (χ4n) is 5.59. The van der Waals surface area contributed by atoms with Crippen molar-refractivity contribution < 1.29 is 37.0 Å². The van der Waals surface area contributed by atoms with Gasteiger partial charge in [-0.15, -0.1) is 0 Å². The van der Waals surface area contributed by atoms with E-state index in [4.69, 9.17) is 25.8 Å². The topological polar surface area (TPSA) is 96.2 Å². The fourth-order valence-corrected chi connectivity index (χ4v) is 6.70. The number of ether oxygens (including phenoxy) is 3. The van der Waals surface area contributed by atoms with E-state index in [1.54, 1.807) is 43.3 Å². The minimum Gasteiger partial charge on any atom is -0.488 e. The summed E-state index contributed by atoms with van der Waals surface area (Å²) in [4.78, 5) is 43.0. The van der Waals surface area contributed by atoms with Crippen LogP contribution in [0.2, 0.25) is 5.02 Å². The first kappa shape index (κ1) is 34.7. The van der Waals surface area contributed by atoms with Gasteiger partial charge in [0.15, 0.2) is 10.5 Å². The number of fused-ring (bicyclic) bond motifs is 2. The number of hydrogen-bond acceptors (Lipinski definition) is 8. The Balaban J connectivity index is 1.50. The molecular weight excluding hydrogens is 693 g/mol. The van der Waals surface area contributed by atoms with Gasteiger partial charge in [-0.1, -0.05) is 77.5 Å². The van der Waals surface area contributed by atoms with Crippen molar-refractivity contribution in [1.29, 1.82) is 0 Å². The van der Waals surface area contributed by atoms with Crippen molar-refractivity contribution in [2.45, 2.75) is 32.7 Å². The zero-order valence-corrected chi connectivity index (χ0v) is 28.2. The van der Waals surface area contributed by atoms with Gasteiger partial charge >= 0.3 is 18.1 Å². The van der Waals surface area contributed by atoms with Crippen LogP contribution in [0.5, 0.6) is 5.75 Å². The number of rotatable bonds is 9. The van der Waals surface area contributed by atoms with Crippen LogP contribution in [0, 0.1) is 0 Å². The first-order chi connectivity index (χ1) is 24.0. The highest BCUT2D eigenvalue weighted by Gasteiger charge is 2.45. The van der Waals surface area contributed by atoms with Crippen LogP contribution in [0.3, 0.4) is 0 Å². The van der Waals surface area contributed by atoms with Crippen LogP contribution in [-0.2, 0) is 20.9 Å². The molecule has 0 radical (unpaired) electrons. The number of esters is 2. The van der Waals surface area contributed by atoms with E-state index in [0.717, 1.165) is 32.2 Å². The van der Waals surface area contributed by atoms with Crippen molar-refractivity contribution in [1.82, 2.24) is 4.57 Å². The summed E-state index contributed by atoms with van der Waals surface area (Å²) < 4.78 is 61.1. The van der Waals surface area contributed by atoms with Crippen LogP contribution in [0.1, 0.15) is 46.9 Å². The van der Waals surface area contributed by atoms with Gasteiger partial charge in [0.1, 0.15) is 12.4 Å². The Kier molecular flexibility index (Phi) is 9.94. The van der Waals surface area contributed by atoms with Gasteiger partial charge in [0.2, 0.25) is 0 Å². The largest absolute Gasteiger partial charge is 0.488 e. The molecule has 1 aliphatic heterocycles. The molecule has 50 heavy (non-hydrogen) atoms. The summed E-state index contributed by atoms with van der Waals surface area (Å²) in [5, 5.41) is 1.88. The standard InChI is InChI=1S/C37H28ClF3N2O6S/c1-3-47-34(45)24-11-9-21(10-12-24)20-49-28-18-15-22-7-5-6-8-26(22)27(28)19-29-33(44)43-31(23-13-16-25(38)17-14-23)30(35(46)48-4-2)32(37(39,40)41)42-36(43)50-29/h5-19,31H,3-4,20H2,1-2H3/b29-19-/t31-/m1/s1. The molecule has 1 aliphatic rings. The highest BCUT2D eigenvalue weighted by atomic mass is 35.5. The second kappa shape index (κ2) is 14.3. The van der Waals surface area contributed by atoms with E-state index in [1.807, 2.05) is 30.3 Å². The zero-order chi connectivity index (χ0) is 35.6. The second-order valence-electron chi connectivity index (χ2n) is 11.0. The summed E-state index contributed by atoms with van der Waals surface area (Å²) in [5.41, 5.74) is -1.02. The number of hydrogen-bond donors (Lipinski definition) is 0. The van der Waals surface area contributed by atoms with E-state index < -0.39 is 41.0 Å². The third kappa shape index (κ3) is 6.94. The molecule has 2 heterocycles. The zero-order valence-electron chi connectivity index (χ0n) is 26.6. The molecule has 5 aromatic rings. The van der Waals surface area contributed by atoms with E-state index in [2.05, 4.69) is 4.99 Å². The van der Waals surface area contributed by atoms with Crippen LogP contribution in [-0.4, -0.2) is 35.9 Å². The van der Waals surface area contributed by atoms with E-state index in [-0.39, 0.29) is 34.7 Å². The summed E-state index contributed by atoms with van der Waals surface area (Å²) >= 11 is 6.84. The summed E-state index contributed by atoms with van der Waals surface area (Å²) in [7, 11) is 0. The van der Waals surface area contributed by atoms with Crippen molar-refractivity contribution in [3.63, 3.8) is 0 Å². The highest BCUT2D eigenvalue weighted by Crippen LogP contribution is 2.38. The molecule has 8 nitrogen and oxygen atoms in total. The molecule has 0 saturated heterocycles. The Morgan fingerprint density at radius 3 is 2.28 bits per heavy atom. The quantitative estimate of drug-likeness (QED) is 0.154. The maximum atomic E-state index is 14.5. The number of allylic oxidation sites excluding steroid dienone is 1. The van der Waals surface area contributed by atoms with Gasteiger partial charge in [0.05, 0.1) is 34.9 Å². The lowest BCUT2D eigenvalue weighted by molar-refractivity contribution is -0.140. The summed E-state index contributed by atoms with van der Waals surface area (Å²) in [6.45, 7) is 3.37. The van der Waals surface area contributed by atoms with E-state index >= 15 is 0 Å². The molecule has 0 unspecified atom stereocenters. The number of aromatic nitrogens is 1. The van der Waals surface area contributed by atoms with Gasteiger partial charge in [-0.05, 0) is 72.2 Å². The molecule has 13 heteroatoms. The molecule has 0 fully saturated rings. The van der Waals surface area contributed by atoms with Crippen molar-refractivity contribution in [2.24, 2.45) is 4.99 Å². The number of nitrogens with zero attached hydrogens (tertiary/aromatic N) is 2. The van der Waals surface area contributed by atoms with Gasteiger partial charge < -0.3 is 14.2 Å². The lowest BCUT2D eigenvalue weighted by atomic mass is 9.95. The number of benzene rings is 4. The smallest absolute Gasteiger partial charge is 0.434 e. The Labute approximate surface area is 292 Å².